The van der Waals surface area contributed by atoms with Gasteiger partial charge < -0.3 is 9.52 Å². The number of aliphatic hydroxyl groups is 1. The minimum absolute atomic E-state index is 0.488. The van der Waals surface area contributed by atoms with Crippen LogP contribution in [0.1, 0.15) is 30.9 Å². The zero-order valence-electron chi connectivity index (χ0n) is 9.23. The number of aryl methyl sites for hydroxylation is 1. The maximum Gasteiger partial charge on any atom is 0.183 e. The number of halogens is 2. The molecular weight excluding hydrogens is 352 g/mol. The molecule has 1 unspecified atom stereocenters. The number of hydrogen-bond acceptors (Lipinski definition) is 3. The smallest absolute Gasteiger partial charge is 0.183 e. The van der Waals surface area contributed by atoms with Crippen LogP contribution in [0.4, 0.5) is 0 Å². The van der Waals surface area contributed by atoms with E-state index in [9.17, 15) is 5.11 Å². The number of aliphatic hydroxyl groups excluding tert-OH is 1. The Morgan fingerprint density at radius 1 is 1.53 bits per heavy atom. The Bertz CT molecular complexity index is 488. The Morgan fingerprint density at radius 3 is 2.88 bits per heavy atom. The lowest BCUT2D eigenvalue weighted by Crippen LogP contribution is -2.09. The highest BCUT2D eigenvalue weighted by molar-refractivity contribution is 9.13. The Balaban J connectivity index is 2.29. The molecule has 0 saturated carbocycles. The maximum atomic E-state index is 10.2. The molecule has 0 spiro atoms. The van der Waals surface area contributed by atoms with E-state index in [1.807, 2.05) is 0 Å². The van der Waals surface area contributed by atoms with Crippen molar-refractivity contribution in [1.82, 2.24) is 9.78 Å². The predicted molar refractivity (Wildman–Crippen MR) is 70.7 cm³/mol. The first kappa shape index (κ1) is 12.9. The summed E-state index contributed by atoms with van der Waals surface area (Å²) in [4.78, 5) is 0. The summed E-state index contributed by atoms with van der Waals surface area (Å²) in [5, 5.41) is 14.4. The highest BCUT2D eigenvalue weighted by atomic mass is 79.9. The van der Waals surface area contributed by atoms with Crippen LogP contribution in [0.15, 0.2) is 31.9 Å². The Kier molecular flexibility index (Phi) is 4.06. The summed E-state index contributed by atoms with van der Waals surface area (Å²) >= 11 is 6.57. The van der Waals surface area contributed by atoms with Crippen molar-refractivity contribution in [3.05, 3.63) is 38.9 Å². The summed E-state index contributed by atoms with van der Waals surface area (Å²) in [6.45, 7) is 2.85. The topological polar surface area (TPSA) is 51.2 Å². The number of nitrogens with zero attached hydrogens (tertiary/aromatic N) is 2. The molecule has 17 heavy (non-hydrogen) atoms. The molecule has 2 aromatic heterocycles. The van der Waals surface area contributed by atoms with E-state index in [2.05, 4.69) is 43.9 Å². The summed E-state index contributed by atoms with van der Waals surface area (Å²) in [5.41, 5.74) is 0.737. The summed E-state index contributed by atoms with van der Waals surface area (Å²) in [6, 6.07) is 3.54. The van der Waals surface area contributed by atoms with Crippen molar-refractivity contribution in [2.45, 2.75) is 26.0 Å². The Hall–Kier alpha value is -0.590. The third-order valence-corrected chi connectivity index (χ3v) is 4.11. The molecule has 0 radical (unpaired) electrons. The third-order valence-electron chi connectivity index (χ3n) is 2.40. The summed E-state index contributed by atoms with van der Waals surface area (Å²) < 4.78 is 8.56. The Labute approximate surface area is 116 Å². The first-order chi connectivity index (χ1) is 8.13. The lowest BCUT2D eigenvalue weighted by atomic mass is 10.2. The molecule has 0 saturated heterocycles. The van der Waals surface area contributed by atoms with Crippen molar-refractivity contribution in [2.24, 2.45) is 0 Å². The minimum atomic E-state index is -0.799. The monoisotopic (exact) mass is 362 g/mol. The van der Waals surface area contributed by atoms with Crippen LogP contribution in [0, 0.1) is 0 Å². The second-order valence-electron chi connectivity index (χ2n) is 3.65. The van der Waals surface area contributed by atoms with E-state index >= 15 is 0 Å². The molecule has 0 aromatic carbocycles. The zero-order chi connectivity index (χ0) is 12.4. The standard InChI is InChI=1S/C11H12Br2N2O2/c1-2-5-15-8(3-4-14-15)10(16)9-6-7(12)11(13)17-9/h3-4,6,10,16H,2,5H2,1H3. The summed E-state index contributed by atoms with van der Waals surface area (Å²) in [7, 11) is 0. The normalized spacial score (nSPS) is 12.9. The van der Waals surface area contributed by atoms with E-state index in [1.165, 1.54) is 0 Å². The fourth-order valence-electron chi connectivity index (χ4n) is 1.62. The minimum Gasteiger partial charge on any atom is -0.450 e. The Morgan fingerprint density at radius 2 is 2.29 bits per heavy atom. The van der Waals surface area contributed by atoms with Crippen LogP contribution in [0.3, 0.4) is 0 Å². The molecule has 0 aliphatic heterocycles. The first-order valence-electron chi connectivity index (χ1n) is 5.28. The van der Waals surface area contributed by atoms with Gasteiger partial charge in [-0.1, -0.05) is 6.92 Å². The predicted octanol–water partition coefficient (Wildman–Crippen LogP) is 3.49. The average Bonchev–Trinajstić information content (AvgIpc) is 2.87. The zero-order valence-corrected chi connectivity index (χ0v) is 12.4. The molecule has 4 nitrogen and oxygen atoms in total. The van der Waals surface area contributed by atoms with Gasteiger partial charge in [0.05, 0.1) is 10.2 Å². The van der Waals surface area contributed by atoms with Crippen molar-refractivity contribution in [1.29, 1.82) is 0 Å². The van der Waals surface area contributed by atoms with Gasteiger partial charge in [-0.25, -0.2) is 0 Å². The van der Waals surface area contributed by atoms with Crippen LogP contribution < -0.4 is 0 Å². The van der Waals surface area contributed by atoms with E-state index in [-0.39, 0.29) is 0 Å². The molecule has 0 aliphatic rings. The molecule has 2 rings (SSSR count). The van der Waals surface area contributed by atoms with Gasteiger partial charge in [-0.05, 0) is 50.4 Å². The quantitative estimate of drug-likeness (QED) is 0.904. The fraction of sp³-hybridized carbons (Fsp3) is 0.364. The van der Waals surface area contributed by atoms with Crippen molar-refractivity contribution in [2.75, 3.05) is 0 Å². The second kappa shape index (κ2) is 5.37. The van der Waals surface area contributed by atoms with E-state index in [4.69, 9.17) is 4.42 Å². The molecular formula is C11H12Br2N2O2. The first-order valence-corrected chi connectivity index (χ1v) is 6.86. The van der Waals surface area contributed by atoms with Gasteiger partial charge in [0.25, 0.3) is 0 Å². The van der Waals surface area contributed by atoms with Crippen LogP contribution >= 0.6 is 31.9 Å². The van der Waals surface area contributed by atoms with Gasteiger partial charge in [0.15, 0.2) is 10.8 Å². The molecule has 92 valence electrons. The van der Waals surface area contributed by atoms with Crippen LogP contribution in [0.2, 0.25) is 0 Å². The third kappa shape index (κ3) is 2.64. The van der Waals surface area contributed by atoms with Gasteiger partial charge in [-0.2, -0.15) is 5.10 Å². The molecule has 0 aliphatic carbocycles. The lowest BCUT2D eigenvalue weighted by molar-refractivity contribution is 0.176. The van der Waals surface area contributed by atoms with Gasteiger partial charge in [0, 0.05) is 12.7 Å². The van der Waals surface area contributed by atoms with Crippen molar-refractivity contribution >= 4 is 31.9 Å². The molecule has 0 amide bonds. The van der Waals surface area contributed by atoms with Crippen LogP contribution in [-0.2, 0) is 6.54 Å². The molecule has 6 heteroatoms. The van der Waals surface area contributed by atoms with Crippen LogP contribution in [0.25, 0.3) is 0 Å². The summed E-state index contributed by atoms with van der Waals surface area (Å²) in [6.07, 6.45) is 1.85. The fourth-order valence-corrected chi connectivity index (χ4v) is 2.23. The van der Waals surface area contributed by atoms with E-state index in [0.29, 0.717) is 10.4 Å². The van der Waals surface area contributed by atoms with Crippen LogP contribution in [0.5, 0.6) is 0 Å². The molecule has 2 heterocycles. The average molecular weight is 364 g/mol. The van der Waals surface area contributed by atoms with E-state index in [1.54, 1.807) is 23.0 Å². The number of rotatable bonds is 4. The van der Waals surface area contributed by atoms with Gasteiger partial charge >= 0.3 is 0 Å². The highest BCUT2D eigenvalue weighted by Gasteiger charge is 2.20. The molecule has 2 aromatic rings. The maximum absolute atomic E-state index is 10.2. The van der Waals surface area contributed by atoms with Crippen LogP contribution in [-0.4, -0.2) is 14.9 Å². The summed E-state index contributed by atoms with van der Waals surface area (Å²) in [5.74, 6) is 0.488. The van der Waals surface area contributed by atoms with Gasteiger partial charge in [0.2, 0.25) is 0 Å². The van der Waals surface area contributed by atoms with E-state index in [0.717, 1.165) is 23.1 Å². The van der Waals surface area contributed by atoms with Gasteiger partial charge in [0.1, 0.15) is 5.76 Å². The SMILES string of the molecule is CCCn1nccc1C(O)c1cc(Br)c(Br)o1. The number of furan rings is 1. The lowest BCUT2D eigenvalue weighted by Gasteiger charge is -2.10. The van der Waals surface area contributed by atoms with E-state index < -0.39 is 6.10 Å². The van der Waals surface area contributed by atoms with Gasteiger partial charge in [-0.15, -0.1) is 0 Å². The molecule has 1 N–H and O–H groups in total. The van der Waals surface area contributed by atoms with Crippen molar-refractivity contribution in [3.63, 3.8) is 0 Å². The van der Waals surface area contributed by atoms with Crippen molar-refractivity contribution < 1.29 is 9.52 Å². The molecule has 0 bridgehead atoms. The largest absolute Gasteiger partial charge is 0.450 e. The second-order valence-corrected chi connectivity index (χ2v) is 5.23. The highest BCUT2D eigenvalue weighted by Crippen LogP contribution is 2.32. The number of hydrogen-bond donors (Lipinski definition) is 1. The van der Waals surface area contributed by atoms with Gasteiger partial charge in [-0.3, -0.25) is 4.68 Å². The number of aromatic nitrogens is 2. The van der Waals surface area contributed by atoms with Crippen molar-refractivity contribution in [3.8, 4) is 0 Å². The molecule has 0 fully saturated rings. The molecule has 1 atom stereocenters.